The molecule has 0 amide bonds. The van der Waals surface area contributed by atoms with Crippen LogP contribution in [0.15, 0.2) is 18.2 Å². The van der Waals surface area contributed by atoms with Crippen LogP contribution in [0.2, 0.25) is 0 Å². The predicted octanol–water partition coefficient (Wildman–Crippen LogP) is 1.87. The molecule has 1 heterocycles. The smallest absolute Gasteiger partial charge is 0.416 e. The number of carboxylic acid groups (broad SMARTS) is 1. The van der Waals surface area contributed by atoms with Crippen LogP contribution in [0.1, 0.15) is 11.1 Å². The van der Waals surface area contributed by atoms with Gasteiger partial charge in [0.1, 0.15) is 6.07 Å². The quantitative estimate of drug-likeness (QED) is 0.902. The van der Waals surface area contributed by atoms with Crippen LogP contribution in [-0.2, 0) is 15.7 Å². The number of hydrogen-bond donors (Lipinski definition) is 1. The molecule has 1 aliphatic rings. The van der Waals surface area contributed by atoms with E-state index in [1.807, 2.05) is 0 Å². The number of nitriles is 1. The van der Waals surface area contributed by atoms with Crippen LogP contribution >= 0.6 is 0 Å². The van der Waals surface area contributed by atoms with E-state index in [1.165, 1.54) is 4.90 Å². The minimum atomic E-state index is -4.55. The van der Waals surface area contributed by atoms with Crippen molar-refractivity contribution in [2.75, 3.05) is 24.7 Å². The summed E-state index contributed by atoms with van der Waals surface area (Å²) in [6.07, 6.45) is -4.55. The van der Waals surface area contributed by atoms with Crippen molar-refractivity contribution in [3.8, 4) is 6.07 Å². The molecule has 0 saturated carbocycles. The predicted molar refractivity (Wildman–Crippen MR) is 65.7 cm³/mol. The van der Waals surface area contributed by atoms with E-state index in [0.717, 1.165) is 18.2 Å². The van der Waals surface area contributed by atoms with Gasteiger partial charge in [0.05, 0.1) is 30.0 Å². The summed E-state index contributed by atoms with van der Waals surface area (Å²) in [5.41, 5.74) is -0.984. The largest absolute Gasteiger partial charge is 0.480 e. The molecular weight excluding hydrogens is 289 g/mol. The number of alkyl halides is 3. The van der Waals surface area contributed by atoms with Crippen LogP contribution in [-0.4, -0.2) is 36.9 Å². The van der Waals surface area contributed by atoms with Crippen LogP contribution < -0.4 is 4.90 Å². The third kappa shape index (κ3) is 3.08. The van der Waals surface area contributed by atoms with Gasteiger partial charge in [-0.05, 0) is 18.2 Å². The van der Waals surface area contributed by atoms with Gasteiger partial charge in [-0.1, -0.05) is 0 Å². The first kappa shape index (κ1) is 15.1. The fraction of sp³-hybridized carbons (Fsp3) is 0.385. The van der Waals surface area contributed by atoms with Gasteiger partial charge in [-0.25, -0.2) is 4.79 Å². The van der Waals surface area contributed by atoms with Gasteiger partial charge in [0.25, 0.3) is 0 Å². The first-order valence-corrected chi connectivity index (χ1v) is 6.03. The van der Waals surface area contributed by atoms with Crippen molar-refractivity contribution in [1.29, 1.82) is 5.26 Å². The number of carbonyl (C=O) groups is 1. The molecule has 1 aromatic rings. The Bertz CT molecular complexity index is 595. The number of nitrogens with zero attached hydrogens (tertiary/aromatic N) is 2. The zero-order valence-electron chi connectivity index (χ0n) is 10.7. The second kappa shape index (κ2) is 5.61. The van der Waals surface area contributed by atoms with Gasteiger partial charge in [0.2, 0.25) is 0 Å². The number of rotatable bonds is 2. The van der Waals surface area contributed by atoms with Crippen molar-refractivity contribution in [2.24, 2.45) is 0 Å². The summed E-state index contributed by atoms with van der Waals surface area (Å²) < 4.78 is 43.0. The molecule has 0 spiro atoms. The molecule has 0 radical (unpaired) electrons. The molecule has 112 valence electrons. The van der Waals surface area contributed by atoms with Crippen LogP contribution in [0.4, 0.5) is 18.9 Å². The van der Waals surface area contributed by atoms with E-state index in [0.29, 0.717) is 0 Å². The normalized spacial score (nSPS) is 19.1. The molecule has 1 fully saturated rings. The van der Waals surface area contributed by atoms with Crippen molar-refractivity contribution in [2.45, 2.75) is 12.2 Å². The molecular formula is C13H11F3N2O3. The molecule has 5 nitrogen and oxygen atoms in total. The summed E-state index contributed by atoms with van der Waals surface area (Å²) in [6, 6.07) is 3.36. The molecule has 0 aromatic heterocycles. The number of morpholine rings is 1. The molecule has 0 aliphatic carbocycles. The fourth-order valence-electron chi connectivity index (χ4n) is 2.15. The van der Waals surface area contributed by atoms with Gasteiger partial charge in [-0.15, -0.1) is 0 Å². The molecule has 0 bridgehead atoms. The summed E-state index contributed by atoms with van der Waals surface area (Å²) in [4.78, 5) is 12.6. The van der Waals surface area contributed by atoms with Crippen molar-refractivity contribution in [1.82, 2.24) is 0 Å². The lowest BCUT2D eigenvalue weighted by Gasteiger charge is -2.35. The fourth-order valence-corrected chi connectivity index (χ4v) is 2.15. The Hall–Kier alpha value is -2.27. The van der Waals surface area contributed by atoms with Gasteiger partial charge in [-0.2, -0.15) is 18.4 Å². The molecule has 1 atom stereocenters. The number of carboxylic acids is 1. The highest BCUT2D eigenvalue weighted by Crippen LogP contribution is 2.33. The molecule has 1 aliphatic heterocycles. The van der Waals surface area contributed by atoms with E-state index in [4.69, 9.17) is 15.1 Å². The zero-order chi connectivity index (χ0) is 15.6. The number of anilines is 1. The van der Waals surface area contributed by atoms with Crippen LogP contribution in [0.3, 0.4) is 0 Å². The minimum Gasteiger partial charge on any atom is -0.480 e. The third-order valence-corrected chi connectivity index (χ3v) is 3.17. The molecule has 1 N–H and O–H groups in total. The van der Waals surface area contributed by atoms with Crippen molar-refractivity contribution < 1.29 is 27.8 Å². The summed E-state index contributed by atoms with van der Waals surface area (Å²) in [5.74, 6) is -1.15. The van der Waals surface area contributed by atoms with Gasteiger partial charge in [0, 0.05) is 6.54 Å². The summed E-state index contributed by atoms with van der Waals surface area (Å²) in [5, 5.41) is 18.2. The molecule has 8 heteroatoms. The Labute approximate surface area is 118 Å². The Morgan fingerprint density at radius 2 is 2.19 bits per heavy atom. The topological polar surface area (TPSA) is 73.6 Å². The number of hydrogen-bond acceptors (Lipinski definition) is 4. The number of ether oxygens (including phenoxy) is 1. The highest BCUT2D eigenvalue weighted by atomic mass is 19.4. The maximum Gasteiger partial charge on any atom is 0.416 e. The van der Waals surface area contributed by atoms with Gasteiger partial charge < -0.3 is 14.7 Å². The van der Waals surface area contributed by atoms with Crippen LogP contribution in [0.25, 0.3) is 0 Å². The summed E-state index contributed by atoms with van der Waals surface area (Å²) >= 11 is 0. The van der Waals surface area contributed by atoms with Crippen LogP contribution in [0.5, 0.6) is 0 Å². The van der Waals surface area contributed by atoms with Crippen molar-refractivity contribution in [3.05, 3.63) is 29.3 Å². The minimum absolute atomic E-state index is 0.0821. The monoisotopic (exact) mass is 300 g/mol. The highest BCUT2D eigenvalue weighted by molar-refractivity contribution is 5.80. The Morgan fingerprint density at radius 1 is 1.48 bits per heavy atom. The highest BCUT2D eigenvalue weighted by Gasteiger charge is 2.34. The van der Waals surface area contributed by atoms with Gasteiger partial charge >= 0.3 is 12.1 Å². The van der Waals surface area contributed by atoms with E-state index < -0.39 is 23.8 Å². The molecule has 1 saturated heterocycles. The average molecular weight is 300 g/mol. The second-order valence-corrected chi connectivity index (χ2v) is 4.46. The maximum atomic E-state index is 12.6. The second-order valence-electron chi connectivity index (χ2n) is 4.46. The summed E-state index contributed by atoms with van der Waals surface area (Å²) in [6.45, 7) is 0.355. The molecule has 1 unspecified atom stereocenters. The number of aliphatic carboxylic acids is 1. The molecule has 21 heavy (non-hydrogen) atoms. The summed E-state index contributed by atoms with van der Waals surface area (Å²) in [7, 11) is 0. The number of halogens is 3. The lowest BCUT2D eigenvalue weighted by Crippen LogP contribution is -2.50. The lowest BCUT2D eigenvalue weighted by atomic mass is 10.1. The van der Waals surface area contributed by atoms with E-state index in [2.05, 4.69) is 0 Å². The van der Waals surface area contributed by atoms with Crippen molar-refractivity contribution >= 4 is 11.7 Å². The molecule has 2 rings (SSSR count). The van der Waals surface area contributed by atoms with Gasteiger partial charge in [-0.3, -0.25) is 0 Å². The average Bonchev–Trinajstić information content (AvgIpc) is 2.45. The maximum absolute atomic E-state index is 12.6. The van der Waals surface area contributed by atoms with Gasteiger partial charge in [0.15, 0.2) is 6.04 Å². The first-order chi connectivity index (χ1) is 9.84. The SMILES string of the molecule is N#Cc1cc(C(F)(F)F)ccc1N1CCOCC1C(=O)O. The zero-order valence-corrected chi connectivity index (χ0v) is 10.7. The standard InChI is InChI=1S/C13H11F3N2O3/c14-13(15,16)9-1-2-10(8(5-9)6-17)18-3-4-21-7-11(18)12(19)20/h1-2,5,11H,3-4,7H2,(H,19,20). The third-order valence-electron chi connectivity index (χ3n) is 3.17. The molecule has 1 aromatic carbocycles. The Kier molecular flexibility index (Phi) is 4.04. The van der Waals surface area contributed by atoms with E-state index >= 15 is 0 Å². The Morgan fingerprint density at radius 3 is 2.76 bits per heavy atom. The van der Waals surface area contributed by atoms with E-state index in [9.17, 15) is 18.0 Å². The lowest BCUT2D eigenvalue weighted by molar-refractivity contribution is -0.141. The van der Waals surface area contributed by atoms with E-state index in [1.54, 1.807) is 6.07 Å². The number of benzene rings is 1. The Balaban J connectivity index is 2.43. The van der Waals surface area contributed by atoms with E-state index in [-0.39, 0.29) is 31.0 Å². The van der Waals surface area contributed by atoms with Crippen molar-refractivity contribution in [3.63, 3.8) is 0 Å². The first-order valence-electron chi connectivity index (χ1n) is 6.03. The van der Waals surface area contributed by atoms with Crippen LogP contribution in [0, 0.1) is 11.3 Å².